The van der Waals surface area contributed by atoms with Gasteiger partial charge in [-0.1, -0.05) is 29.8 Å². The van der Waals surface area contributed by atoms with Gasteiger partial charge in [0.05, 0.1) is 5.57 Å². The van der Waals surface area contributed by atoms with E-state index in [-0.39, 0.29) is 0 Å². The Kier molecular flexibility index (Phi) is 5.56. The van der Waals surface area contributed by atoms with Crippen LogP contribution in [0.3, 0.4) is 0 Å². The summed E-state index contributed by atoms with van der Waals surface area (Å²) in [7, 11) is 0. The molecular formula is C21H24N2O3. The number of benzene rings is 1. The number of nitrogens with zero attached hydrogens (tertiary/aromatic N) is 2. The van der Waals surface area contributed by atoms with Crippen LogP contribution in [0.15, 0.2) is 48.2 Å². The van der Waals surface area contributed by atoms with Gasteiger partial charge in [0.2, 0.25) is 0 Å². The molecule has 5 nitrogen and oxygen atoms in total. The minimum absolute atomic E-state index is 0.309. The first-order valence-corrected chi connectivity index (χ1v) is 8.89. The van der Waals surface area contributed by atoms with E-state index in [9.17, 15) is 9.90 Å². The third-order valence-corrected chi connectivity index (χ3v) is 4.54. The summed E-state index contributed by atoms with van der Waals surface area (Å²) in [6.45, 7) is 5.99. The van der Waals surface area contributed by atoms with Crippen LogP contribution >= 0.6 is 0 Å². The monoisotopic (exact) mass is 352 g/mol. The molecule has 1 N–H and O–H groups in total. The molecule has 3 rings (SSSR count). The van der Waals surface area contributed by atoms with Crippen molar-refractivity contribution in [2.75, 3.05) is 18.0 Å². The molecule has 0 amide bonds. The van der Waals surface area contributed by atoms with Crippen molar-refractivity contribution in [3.05, 3.63) is 59.3 Å². The molecule has 0 unspecified atom stereocenters. The average Bonchev–Trinajstić information content (AvgIpc) is 3.15. The highest BCUT2D eigenvalue weighted by Gasteiger charge is 2.17. The van der Waals surface area contributed by atoms with Crippen LogP contribution in [0.25, 0.3) is 5.57 Å². The topological polar surface area (TPSA) is 62.7 Å². The number of rotatable bonds is 6. The number of pyridine rings is 1. The van der Waals surface area contributed by atoms with Gasteiger partial charge in [0.25, 0.3) is 0 Å². The van der Waals surface area contributed by atoms with Gasteiger partial charge in [0, 0.05) is 25.4 Å². The number of allylic oxidation sites excluding steroid dienone is 1. The van der Waals surface area contributed by atoms with E-state index < -0.39 is 5.97 Å². The fourth-order valence-corrected chi connectivity index (χ4v) is 3.26. The molecule has 0 saturated carbocycles. The standard InChI is InChI=1S/C21H24N2O3/c1-15(2)20(21(24)25)18-8-4-3-7-16(18)14-26-17-9-10-22-19(13-17)23-11-5-6-12-23/h3-4,7-10,13H,5-6,11-12,14H2,1-2H3,(H,24,25). The number of hydrogen-bond donors (Lipinski definition) is 1. The zero-order valence-corrected chi connectivity index (χ0v) is 15.2. The number of carbonyl (C=O) groups is 1. The molecule has 26 heavy (non-hydrogen) atoms. The molecule has 0 atom stereocenters. The third kappa shape index (κ3) is 4.04. The molecule has 1 fully saturated rings. The SMILES string of the molecule is CC(C)=C(C(=O)O)c1ccccc1COc1ccnc(N2CCCC2)c1. The molecule has 0 radical (unpaired) electrons. The minimum Gasteiger partial charge on any atom is -0.489 e. The average molecular weight is 352 g/mol. The summed E-state index contributed by atoms with van der Waals surface area (Å²) in [5.41, 5.74) is 2.65. The van der Waals surface area contributed by atoms with Crippen molar-refractivity contribution in [2.45, 2.75) is 33.3 Å². The van der Waals surface area contributed by atoms with Crippen molar-refractivity contribution in [2.24, 2.45) is 0 Å². The molecule has 1 aromatic carbocycles. The van der Waals surface area contributed by atoms with Crippen LogP contribution < -0.4 is 9.64 Å². The third-order valence-electron chi connectivity index (χ3n) is 4.54. The van der Waals surface area contributed by atoms with Gasteiger partial charge < -0.3 is 14.7 Å². The van der Waals surface area contributed by atoms with E-state index >= 15 is 0 Å². The summed E-state index contributed by atoms with van der Waals surface area (Å²) in [6.07, 6.45) is 4.15. The lowest BCUT2D eigenvalue weighted by atomic mass is 9.97. The van der Waals surface area contributed by atoms with E-state index in [2.05, 4.69) is 9.88 Å². The summed E-state index contributed by atoms with van der Waals surface area (Å²) in [4.78, 5) is 18.3. The van der Waals surface area contributed by atoms with Crippen LogP contribution in [0.5, 0.6) is 5.75 Å². The lowest BCUT2D eigenvalue weighted by molar-refractivity contribution is -0.130. The molecule has 136 valence electrons. The summed E-state index contributed by atoms with van der Waals surface area (Å²) < 4.78 is 5.96. The maximum absolute atomic E-state index is 11.6. The fourth-order valence-electron chi connectivity index (χ4n) is 3.26. The van der Waals surface area contributed by atoms with Crippen molar-refractivity contribution in [1.82, 2.24) is 4.98 Å². The van der Waals surface area contributed by atoms with E-state index in [1.165, 1.54) is 12.8 Å². The molecule has 1 aliphatic rings. The number of aromatic nitrogens is 1. The van der Waals surface area contributed by atoms with Gasteiger partial charge in [0.1, 0.15) is 18.2 Å². The smallest absolute Gasteiger partial charge is 0.336 e. The van der Waals surface area contributed by atoms with Gasteiger partial charge in [-0.3, -0.25) is 0 Å². The maximum atomic E-state index is 11.6. The first kappa shape index (κ1) is 18.0. The molecule has 1 aliphatic heterocycles. The van der Waals surface area contributed by atoms with Gasteiger partial charge in [-0.25, -0.2) is 9.78 Å². The van der Waals surface area contributed by atoms with Gasteiger partial charge in [-0.2, -0.15) is 0 Å². The molecule has 2 aromatic rings. The molecule has 0 aliphatic carbocycles. The number of carboxylic acid groups (broad SMARTS) is 1. The quantitative estimate of drug-likeness (QED) is 0.792. The Labute approximate surface area is 153 Å². The molecular weight excluding hydrogens is 328 g/mol. The Morgan fingerprint density at radius 1 is 1.19 bits per heavy atom. The first-order chi connectivity index (χ1) is 12.6. The molecule has 0 bridgehead atoms. The van der Waals surface area contributed by atoms with E-state index in [0.29, 0.717) is 17.7 Å². The molecule has 2 heterocycles. The number of aliphatic carboxylic acids is 1. The minimum atomic E-state index is -0.919. The molecule has 0 spiro atoms. The summed E-state index contributed by atoms with van der Waals surface area (Å²) >= 11 is 0. The highest BCUT2D eigenvalue weighted by molar-refractivity contribution is 6.16. The molecule has 1 saturated heterocycles. The second-order valence-corrected chi connectivity index (χ2v) is 6.67. The Hall–Kier alpha value is -2.82. The highest BCUT2D eigenvalue weighted by atomic mass is 16.5. The fraction of sp³-hybridized carbons (Fsp3) is 0.333. The summed E-state index contributed by atoms with van der Waals surface area (Å²) in [6, 6.07) is 11.3. The Balaban J connectivity index is 1.80. The van der Waals surface area contributed by atoms with Gasteiger partial charge in [-0.15, -0.1) is 0 Å². The molecule has 1 aromatic heterocycles. The van der Waals surface area contributed by atoms with Gasteiger partial charge in [0.15, 0.2) is 0 Å². The van der Waals surface area contributed by atoms with Crippen LogP contribution in [-0.4, -0.2) is 29.1 Å². The lowest BCUT2D eigenvalue weighted by Gasteiger charge is -2.17. The molecule has 5 heteroatoms. The zero-order chi connectivity index (χ0) is 18.5. The number of anilines is 1. The second kappa shape index (κ2) is 8.04. The van der Waals surface area contributed by atoms with Crippen LogP contribution in [0, 0.1) is 0 Å². The van der Waals surface area contributed by atoms with Crippen LogP contribution in [-0.2, 0) is 11.4 Å². The van der Waals surface area contributed by atoms with Gasteiger partial charge >= 0.3 is 5.97 Å². The normalized spacial score (nSPS) is 13.5. The lowest BCUT2D eigenvalue weighted by Crippen LogP contribution is -2.18. The van der Waals surface area contributed by atoms with E-state index in [1.54, 1.807) is 6.20 Å². The van der Waals surface area contributed by atoms with Crippen LogP contribution in [0.2, 0.25) is 0 Å². The van der Waals surface area contributed by atoms with Crippen molar-refractivity contribution >= 4 is 17.4 Å². The number of ether oxygens (including phenoxy) is 1. The van der Waals surface area contributed by atoms with E-state index in [0.717, 1.165) is 35.8 Å². The van der Waals surface area contributed by atoms with E-state index in [1.807, 2.05) is 50.2 Å². The number of hydrogen-bond acceptors (Lipinski definition) is 4. The zero-order valence-electron chi connectivity index (χ0n) is 15.2. The Morgan fingerprint density at radius 2 is 1.92 bits per heavy atom. The predicted octanol–water partition coefficient (Wildman–Crippen LogP) is 4.14. The first-order valence-electron chi connectivity index (χ1n) is 8.89. The van der Waals surface area contributed by atoms with Crippen LogP contribution in [0.1, 0.15) is 37.8 Å². The van der Waals surface area contributed by atoms with Crippen LogP contribution in [0.4, 0.5) is 5.82 Å². The Morgan fingerprint density at radius 3 is 2.62 bits per heavy atom. The highest BCUT2D eigenvalue weighted by Crippen LogP contribution is 2.26. The van der Waals surface area contributed by atoms with Gasteiger partial charge in [-0.05, 0) is 43.9 Å². The number of carboxylic acids is 1. The van der Waals surface area contributed by atoms with Crippen molar-refractivity contribution in [3.63, 3.8) is 0 Å². The largest absolute Gasteiger partial charge is 0.489 e. The summed E-state index contributed by atoms with van der Waals surface area (Å²) in [5.74, 6) is 0.757. The second-order valence-electron chi connectivity index (χ2n) is 6.67. The van der Waals surface area contributed by atoms with Crippen molar-refractivity contribution < 1.29 is 14.6 Å². The summed E-state index contributed by atoms with van der Waals surface area (Å²) in [5, 5.41) is 9.55. The van der Waals surface area contributed by atoms with Crippen molar-refractivity contribution in [3.8, 4) is 5.75 Å². The van der Waals surface area contributed by atoms with E-state index in [4.69, 9.17) is 4.74 Å². The predicted molar refractivity (Wildman–Crippen MR) is 102 cm³/mol. The maximum Gasteiger partial charge on any atom is 0.336 e. The van der Waals surface area contributed by atoms with Crippen molar-refractivity contribution in [1.29, 1.82) is 0 Å². The Bertz CT molecular complexity index is 820.